The zero-order valence-corrected chi connectivity index (χ0v) is 19.0. The minimum absolute atomic E-state index is 0.00251. The second-order valence-electron chi connectivity index (χ2n) is 7.99. The molecule has 0 saturated heterocycles. The van der Waals surface area contributed by atoms with Gasteiger partial charge < -0.3 is 9.47 Å². The summed E-state index contributed by atoms with van der Waals surface area (Å²) in [5, 5.41) is 0. The molecule has 0 heterocycles. The number of ether oxygens (including phenoxy) is 2. The van der Waals surface area contributed by atoms with E-state index in [1.807, 2.05) is 39.8 Å². The average Bonchev–Trinajstić information content (AvgIpc) is 2.70. The third-order valence-corrected chi connectivity index (χ3v) is 5.38. The Labute approximate surface area is 183 Å². The molecule has 0 saturated carbocycles. The molecule has 0 spiro atoms. The predicted octanol–water partition coefficient (Wildman–Crippen LogP) is 5.95. The van der Waals surface area contributed by atoms with Crippen molar-refractivity contribution in [3.05, 3.63) is 81.9 Å². The highest BCUT2D eigenvalue weighted by Gasteiger charge is 2.14. The molecule has 0 unspecified atom stereocenters. The van der Waals surface area contributed by atoms with Gasteiger partial charge in [0.25, 0.3) is 0 Å². The number of Topliss-reactive ketones (excluding diaryl/α,β-unsaturated/α-hetero) is 1. The molecule has 0 amide bonds. The number of ketones is 1. The van der Waals surface area contributed by atoms with Crippen LogP contribution in [0.3, 0.4) is 0 Å². The van der Waals surface area contributed by atoms with E-state index in [1.54, 1.807) is 31.4 Å². The van der Waals surface area contributed by atoms with E-state index in [4.69, 9.17) is 9.47 Å². The van der Waals surface area contributed by atoms with Crippen molar-refractivity contribution in [2.45, 2.75) is 41.0 Å². The van der Waals surface area contributed by atoms with Gasteiger partial charge in [-0.05, 0) is 97.8 Å². The van der Waals surface area contributed by atoms with E-state index in [-0.39, 0.29) is 18.2 Å². The maximum Gasteiger partial charge on any atom is 0.315 e. The van der Waals surface area contributed by atoms with Crippen LogP contribution in [-0.2, 0) is 11.2 Å². The van der Waals surface area contributed by atoms with Crippen LogP contribution in [-0.4, -0.2) is 18.9 Å². The van der Waals surface area contributed by atoms with Crippen LogP contribution in [0, 0.1) is 27.7 Å². The standard InChI is InChI=1S/C27H28O4/c1-16-11-23(12-17(2)26(16)30-6)24-13-18(3)27(19(4)14-24)31-25(29)15-21-7-9-22(10-8-21)20(5)28/h7-14H,15H2,1-6H3. The quantitative estimate of drug-likeness (QED) is 0.283. The van der Waals surface area contributed by atoms with Crippen molar-refractivity contribution >= 4 is 11.8 Å². The molecular weight excluding hydrogens is 388 g/mol. The average molecular weight is 417 g/mol. The van der Waals surface area contributed by atoms with Crippen molar-refractivity contribution in [3.63, 3.8) is 0 Å². The molecule has 0 aliphatic heterocycles. The summed E-state index contributed by atoms with van der Waals surface area (Å²) < 4.78 is 11.2. The Kier molecular flexibility index (Phi) is 6.59. The Hall–Kier alpha value is -3.40. The topological polar surface area (TPSA) is 52.6 Å². The van der Waals surface area contributed by atoms with Gasteiger partial charge in [0.2, 0.25) is 0 Å². The predicted molar refractivity (Wildman–Crippen MR) is 123 cm³/mol. The van der Waals surface area contributed by atoms with Gasteiger partial charge in [-0.25, -0.2) is 0 Å². The van der Waals surface area contributed by atoms with E-state index in [1.165, 1.54) is 6.92 Å². The molecule has 3 aromatic carbocycles. The number of carbonyl (C=O) groups is 2. The van der Waals surface area contributed by atoms with Gasteiger partial charge in [0, 0.05) is 5.56 Å². The van der Waals surface area contributed by atoms with Gasteiger partial charge in [0.1, 0.15) is 11.5 Å². The SMILES string of the molecule is COc1c(C)cc(-c2cc(C)c(OC(=O)Cc3ccc(C(C)=O)cc3)c(C)c2)cc1C. The summed E-state index contributed by atoms with van der Waals surface area (Å²) in [6.07, 6.45) is 0.148. The first-order chi connectivity index (χ1) is 14.7. The number of rotatable bonds is 6. The highest BCUT2D eigenvalue weighted by molar-refractivity contribution is 5.94. The fourth-order valence-corrected chi connectivity index (χ4v) is 3.89. The smallest absolute Gasteiger partial charge is 0.315 e. The molecule has 0 radical (unpaired) electrons. The zero-order valence-electron chi connectivity index (χ0n) is 19.0. The van der Waals surface area contributed by atoms with Gasteiger partial charge in [0.05, 0.1) is 13.5 Å². The lowest BCUT2D eigenvalue weighted by Crippen LogP contribution is -2.13. The molecule has 0 fully saturated rings. The minimum Gasteiger partial charge on any atom is -0.496 e. The first kappa shape index (κ1) is 22.3. The summed E-state index contributed by atoms with van der Waals surface area (Å²) in [4.78, 5) is 23.9. The molecule has 0 aliphatic carbocycles. The van der Waals surface area contributed by atoms with Crippen molar-refractivity contribution in [1.82, 2.24) is 0 Å². The first-order valence-corrected chi connectivity index (χ1v) is 10.3. The zero-order chi connectivity index (χ0) is 22.7. The lowest BCUT2D eigenvalue weighted by Gasteiger charge is -2.15. The van der Waals surface area contributed by atoms with Crippen molar-refractivity contribution in [1.29, 1.82) is 0 Å². The minimum atomic E-state index is -0.328. The maximum atomic E-state index is 12.5. The van der Waals surface area contributed by atoms with E-state index in [0.29, 0.717) is 11.3 Å². The molecule has 3 aromatic rings. The van der Waals surface area contributed by atoms with Crippen molar-refractivity contribution < 1.29 is 19.1 Å². The molecule has 0 atom stereocenters. The van der Waals surface area contributed by atoms with Gasteiger partial charge >= 0.3 is 5.97 Å². The monoisotopic (exact) mass is 416 g/mol. The van der Waals surface area contributed by atoms with E-state index < -0.39 is 0 Å². The number of carbonyl (C=O) groups excluding carboxylic acids is 2. The van der Waals surface area contributed by atoms with Crippen molar-refractivity contribution in [2.24, 2.45) is 0 Å². The number of hydrogen-bond acceptors (Lipinski definition) is 4. The highest BCUT2D eigenvalue weighted by Crippen LogP contribution is 2.34. The normalized spacial score (nSPS) is 10.6. The molecule has 0 bridgehead atoms. The summed E-state index contributed by atoms with van der Waals surface area (Å²) in [6.45, 7) is 9.49. The van der Waals surface area contributed by atoms with Crippen LogP contribution in [0.15, 0.2) is 48.5 Å². The Bertz CT molecular complexity index is 1090. The van der Waals surface area contributed by atoms with E-state index in [0.717, 1.165) is 44.7 Å². The largest absolute Gasteiger partial charge is 0.496 e. The summed E-state index contributed by atoms with van der Waals surface area (Å²) in [5.41, 5.74) is 7.59. The van der Waals surface area contributed by atoms with E-state index in [9.17, 15) is 9.59 Å². The summed E-state index contributed by atoms with van der Waals surface area (Å²) in [5.74, 6) is 1.17. The third-order valence-electron chi connectivity index (χ3n) is 5.38. The number of esters is 1. The van der Waals surface area contributed by atoms with Crippen molar-refractivity contribution in [3.8, 4) is 22.6 Å². The molecule has 4 nitrogen and oxygen atoms in total. The maximum absolute atomic E-state index is 12.5. The number of methoxy groups -OCH3 is 1. The number of hydrogen-bond donors (Lipinski definition) is 0. The van der Waals surface area contributed by atoms with E-state index >= 15 is 0 Å². The van der Waals surface area contributed by atoms with Crippen LogP contribution in [0.5, 0.6) is 11.5 Å². The second kappa shape index (κ2) is 9.17. The lowest BCUT2D eigenvalue weighted by molar-refractivity contribution is -0.133. The van der Waals surface area contributed by atoms with Gasteiger partial charge in [-0.2, -0.15) is 0 Å². The second-order valence-corrected chi connectivity index (χ2v) is 7.99. The highest BCUT2D eigenvalue weighted by atomic mass is 16.5. The van der Waals surface area contributed by atoms with Gasteiger partial charge in [-0.1, -0.05) is 24.3 Å². The van der Waals surface area contributed by atoms with Gasteiger partial charge in [0.15, 0.2) is 5.78 Å². The van der Waals surface area contributed by atoms with Crippen LogP contribution in [0.1, 0.15) is 45.1 Å². The van der Waals surface area contributed by atoms with Gasteiger partial charge in [-0.15, -0.1) is 0 Å². The van der Waals surface area contributed by atoms with Crippen LogP contribution < -0.4 is 9.47 Å². The Morgan fingerprint density at radius 3 is 1.61 bits per heavy atom. The fraction of sp³-hybridized carbons (Fsp3) is 0.259. The third kappa shape index (κ3) is 5.02. The number of aryl methyl sites for hydroxylation is 4. The Morgan fingerprint density at radius 1 is 0.742 bits per heavy atom. The van der Waals surface area contributed by atoms with Gasteiger partial charge in [-0.3, -0.25) is 9.59 Å². The molecule has 160 valence electrons. The van der Waals surface area contributed by atoms with E-state index in [2.05, 4.69) is 12.1 Å². The molecule has 0 aliphatic rings. The van der Waals surface area contributed by atoms with Crippen LogP contribution >= 0.6 is 0 Å². The summed E-state index contributed by atoms with van der Waals surface area (Å²) in [6, 6.07) is 15.3. The fourth-order valence-electron chi connectivity index (χ4n) is 3.89. The number of benzene rings is 3. The molecular formula is C27H28O4. The first-order valence-electron chi connectivity index (χ1n) is 10.3. The molecule has 31 heavy (non-hydrogen) atoms. The summed E-state index contributed by atoms with van der Waals surface area (Å²) in [7, 11) is 1.68. The molecule has 3 rings (SSSR count). The molecule has 0 N–H and O–H groups in total. The van der Waals surface area contributed by atoms with Crippen molar-refractivity contribution in [2.75, 3.05) is 7.11 Å². The summed E-state index contributed by atoms with van der Waals surface area (Å²) >= 11 is 0. The Balaban J connectivity index is 1.80. The van der Waals surface area contributed by atoms with Crippen LogP contribution in [0.2, 0.25) is 0 Å². The lowest BCUT2D eigenvalue weighted by atomic mass is 9.96. The van der Waals surface area contributed by atoms with Crippen LogP contribution in [0.4, 0.5) is 0 Å². The Morgan fingerprint density at radius 2 is 1.19 bits per heavy atom. The molecule has 0 aromatic heterocycles. The van der Waals surface area contributed by atoms with Crippen LogP contribution in [0.25, 0.3) is 11.1 Å². The molecule has 4 heteroatoms.